The summed E-state index contributed by atoms with van der Waals surface area (Å²) in [7, 11) is 0. The van der Waals surface area contributed by atoms with E-state index in [1.807, 2.05) is 65.7 Å². The molecule has 1 aromatic heterocycles. The third kappa shape index (κ3) is 5.74. The van der Waals surface area contributed by atoms with Crippen LogP contribution in [-0.4, -0.2) is 18.8 Å². The molecule has 6 heteroatoms. The number of hydrogen-bond donors (Lipinski definition) is 0. The zero-order chi connectivity index (χ0) is 23.8. The molecule has 0 saturated heterocycles. The number of hydrazone groups is 1. The van der Waals surface area contributed by atoms with Gasteiger partial charge in [-0.1, -0.05) is 66.1 Å². The molecule has 0 unspecified atom stereocenters. The van der Waals surface area contributed by atoms with Crippen LogP contribution in [0.25, 0.3) is 11.3 Å². The van der Waals surface area contributed by atoms with Crippen LogP contribution in [0, 0.1) is 12.3 Å². The number of furan rings is 1. The van der Waals surface area contributed by atoms with Crippen LogP contribution in [0.1, 0.15) is 21.7 Å². The molecule has 168 valence electrons. The van der Waals surface area contributed by atoms with Gasteiger partial charge in [0.1, 0.15) is 11.5 Å². The van der Waals surface area contributed by atoms with Gasteiger partial charge < -0.3 is 9.15 Å². The van der Waals surface area contributed by atoms with Crippen LogP contribution in [0.3, 0.4) is 0 Å². The van der Waals surface area contributed by atoms with E-state index in [-0.39, 0.29) is 17.2 Å². The van der Waals surface area contributed by atoms with Crippen LogP contribution in [-0.2, 0) is 11.3 Å². The molecule has 0 aliphatic carbocycles. The molecule has 0 aliphatic rings. The molecule has 4 aromatic rings. The molecular formula is C28H21ClN2O3. The van der Waals surface area contributed by atoms with E-state index in [1.54, 1.807) is 24.4 Å². The Morgan fingerprint density at radius 2 is 1.76 bits per heavy atom. The van der Waals surface area contributed by atoms with Crippen molar-refractivity contribution in [2.75, 3.05) is 11.6 Å². The SMILES string of the molecule is C#CCOC(=O)c1cc(-c2ccc(C=NN(Cc3ccccc3)c3ccccc3)o2)ccc1Cl. The van der Waals surface area contributed by atoms with E-state index >= 15 is 0 Å². The summed E-state index contributed by atoms with van der Waals surface area (Å²) in [6, 6.07) is 28.7. The van der Waals surface area contributed by atoms with Gasteiger partial charge in [0.05, 0.1) is 29.0 Å². The molecule has 0 atom stereocenters. The quantitative estimate of drug-likeness (QED) is 0.129. The van der Waals surface area contributed by atoms with Gasteiger partial charge in [-0.2, -0.15) is 5.10 Å². The predicted molar refractivity (Wildman–Crippen MR) is 135 cm³/mol. The minimum atomic E-state index is -0.586. The molecule has 0 fully saturated rings. The van der Waals surface area contributed by atoms with Crippen molar-refractivity contribution in [3.05, 3.63) is 113 Å². The van der Waals surface area contributed by atoms with Crippen LogP contribution in [0.5, 0.6) is 0 Å². The number of hydrogen-bond acceptors (Lipinski definition) is 5. The number of esters is 1. The van der Waals surface area contributed by atoms with Gasteiger partial charge in [-0.3, -0.25) is 5.01 Å². The van der Waals surface area contributed by atoms with E-state index in [0.717, 1.165) is 11.3 Å². The normalized spacial score (nSPS) is 10.7. The lowest BCUT2D eigenvalue weighted by Crippen LogP contribution is -2.15. The van der Waals surface area contributed by atoms with Crippen molar-refractivity contribution in [1.82, 2.24) is 0 Å². The first-order chi connectivity index (χ1) is 16.6. The molecule has 0 N–H and O–H groups in total. The Morgan fingerprint density at radius 1 is 1.03 bits per heavy atom. The van der Waals surface area contributed by atoms with E-state index in [4.69, 9.17) is 27.2 Å². The van der Waals surface area contributed by atoms with E-state index in [9.17, 15) is 4.79 Å². The van der Waals surface area contributed by atoms with Crippen molar-refractivity contribution < 1.29 is 13.9 Å². The van der Waals surface area contributed by atoms with E-state index in [0.29, 0.717) is 23.6 Å². The minimum Gasteiger partial charge on any atom is -0.455 e. The van der Waals surface area contributed by atoms with Crippen molar-refractivity contribution in [1.29, 1.82) is 0 Å². The summed E-state index contributed by atoms with van der Waals surface area (Å²) >= 11 is 6.16. The number of nitrogens with zero attached hydrogens (tertiary/aromatic N) is 2. The Hall–Kier alpha value is -4.27. The summed E-state index contributed by atoms with van der Waals surface area (Å²) in [5.41, 5.74) is 3.00. The van der Waals surface area contributed by atoms with Crippen LogP contribution in [0.15, 0.2) is 101 Å². The fourth-order valence-corrected chi connectivity index (χ4v) is 3.47. The number of rotatable bonds is 8. The Labute approximate surface area is 203 Å². The van der Waals surface area contributed by atoms with Gasteiger partial charge in [-0.05, 0) is 48.0 Å². The Balaban J connectivity index is 1.56. The van der Waals surface area contributed by atoms with Crippen molar-refractivity contribution in [3.63, 3.8) is 0 Å². The molecule has 5 nitrogen and oxygen atoms in total. The lowest BCUT2D eigenvalue weighted by molar-refractivity contribution is 0.0557. The summed E-state index contributed by atoms with van der Waals surface area (Å²) in [4.78, 5) is 12.2. The van der Waals surface area contributed by atoms with E-state index < -0.39 is 5.97 Å². The molecule has 0 spiro atoms. The summed E-state index contributed by atoms with van der Waals surface area (Å²) in [6.07, 6.45) is 6.82. The Kier molecular flexibility index (Phi) is 7.44. The smallest absolute Gasteiger partial charge is 0.340 e. The van der Waals surface area contributed by atoms with Gasteiger partial charge in [0.15, 0.2) is 6.61 Å². The fraction of sp³-hybridized carbons (Fsp3) is 0.0714. The summed E-state index contributed by atoms with van der Waals surface area (Å²) in [5.74, 6) is 2.81. The average molecular weight is 469 g/mol. The summed E-state index contributed by atoms with van der Waals surface area (Å²) < 4.78 is 11.0. The first-order valence-electron chi connectivity index (χ1n) is 10.5. The summed E-state index contributed by atoms with van der Waals surface area (Å²) in [6.45, 7) is 0.483. The number of carbonyl (C=O) groups excluding carboxylic acids is 1. The number of carbonyl (C=O) groups is 1. The molecule has 0 radical (unpaired) electrons. The van der Waals surface area contributed by atoms with Gasteiger partial charge in [-0.25, -0.2) is 4.79 Å². The van der Waals surface area contributed by atoms with E-state index in [2.05, 4.69) is 23.2 Å². The van der Waals surface area contributed by atoms with Crippen LogP contribution < -0.4 is 5.01 Å². The second-order valence-electron chi connectivity index (χ2n) is 7.30. The maximum absolute atomic E-state index is 12.2. The highest BCUT2D eigenvalue weighted by molar-refractivity contribution is 6.33. The standard InChI is InChI=1S/C28H21ClN2O3/c1-2-17-33-28(32)25-18-22(13-15-26(25)29)27-16-14-24(34-27)19-30-31(23-11-7-4-8-12-23)20-21-9-5-3-6-10-21/h1,3-16,18-19H,17,20H2. The van der Waals surface area contributed by atoms with Crippen molar-refractivity contribution in [2.45, 2.75) is 6.54 Å². The summed E-state index contributed by atoms with van der Waals surface area (Å²) in [5, 5.41) is 6.84. The first kappa shape index (κ1) is 22.9. The van der Waals surface area contributed by atoms with Gasteiger partial charge in [-0.15, -0.1) is 6.42 Å². The highest BCUT2D eigenvalue weighted by Gasteiger charge is 2.15. The molecule has 0 bridgehead atoms. The zero-order valence-electron chi connectivity index (χ0n) is 18.2. The molecule has 34 heavy (non-hydrogen) atoms. The fourth-order valence-electron chi connectivity index (χ4n) is 3.28. The molecule has 0 aliphatic heterocycles. The van der Waals surface area contributed by atoms with Crippen LogP contribution in [0.2, 0.25) is 5.02 Å². The van der Waals surface area contributed by atoms with Gasteiger partial charge >= 0.3 is 5.97 Å². The maximum Gasteiger partial charge on any atom is 0.340 e. The number of benzene rings is 3. The second kappa shape index (κ2) is 11.0. The third-order valence-electron chi connectivity index (χ3n) is 4.94. The van der Waals surface area contributed by atoms with Crippen LogP contribution in [0.4, 0.5) is 5.69 Å². The first-order valence-corrected chi connectivity index (χ1v) is 10.9. The molecular weight excluding hydrogens is 448 g/mol. The highest BCUT2D eigenvalue weighted by Crippen LogP contribution is 2.27. The number of ether oxygens (including phenoxy) is 1. The Bertz CT molecular complexity index is 1320. The number of anilines is 1. The number of para-hydroxylation sites is 1. The van der Waals surface area contributed by atoms with Crippen molar-refractivity contribution in [2.24, 2.45) is 5.10 Å². The zero-order valence-corrected chi connectivity index (χ0v) is 19.0. The second-order valence-corrected chi connectivity index (χ2v) is 7.71. The third-order valence-corrected chi connectivity index (χ3v) is 5.27. The molecule has 4 rings (SSSR count). The Morgan fingerprint density at radius 3 is 2.50 bits per heavy atom. The molecule has 0 saturated carbocycles. The number of terminal acetylenes is 1. The molecule has 3 aromatic carbocycles. The lowest BCUT2D eigenvalue weighted by Gasteiger charge is -2.19. The van der Waals surface area contributed by atoms with Crippen molar-refractivity contribution in [3.8, 4) is 23.7 Å². The largest absolute Gasteiger partial charge is 0.455 e. The van der Waals surface area contributed by atoms with E-state index in [1.165, 1.54) is 0 Å². The molecule has 1 heterocycles. The van der Waals surface area contributed by atoms with Crippen molar-refractivity contribution >= 4 is 29.5 Å². The lowest BCUT2D eigenvalue weighted by atomic mass is 10.1. The average Bonchev–Trinajstić information content (AvgIpc) is 3.35. The minimum absolute atomic E-state index is 0.123. The predicted octanol–water partition coefficient (Wildman–Crippen LogP) is 6.43. The van der Waals surface area contributed by atoms with Gasteiger partial charge in [0, 0.05) is 5.56 Å². The number of halogens is 1. The maximum atomic E-state index is 12.2. The highest BCUT2D eigenvalue weighted by atomic mass is 35.5. The monoisotopic (exact) mass is 468 g/mol. The van der Waals surface area contributed by atoms with Crippen LogP contribution >= 0.6 is 11.6 Å². The molecule has 0 amide bonds. The van der Waals surface area contributed by atoms with Gasteiger partial charge in [0.25, 0.3) is 0 Å². The van der Waals surface area contributed by atoms with Gasteiger partial charge in [0.2, 0.25) is 0 Å². The topological polar surface area (TPSA) is 55.0 Å².